The largest absolute Gasteiger partial charge is 0.508 e. The molecule has 0 bridgehead atoms. The van der Waals surface area contributed by atoms with E-state index < -0.39 is 17.5 Å². The van der Waals surface area contributed by atoms with E-state index in [-0.39, 0.29) is 5.56 Å². The van der Waals surface area contributed by atoms with Gasteiger partial charge in [0.2, 0.25) is 0 Å². The first-order chi connectivity index (χ1) is 8.77. The van der Waals surface area contributed by atoms with E-state index in [4.69, 9.17) is 11.6 Å². The minimum atomic E-state index is -4.51. The molecular weight excluding hydrogens is 277 g/mol. The zero-order chi connectivity index (χ0) is 14.2. The van der Waals surface area contributed by atoms with E-state index in [9.17, 15) is 18.3 Å². The standard InChI is InChI=1S/C14H10ClF3O/c1-8-2-3-12(13(15)4-8)9-5-10(14(16,17)18)7-11(19)6-9/h2-7,19H,1H3. The molecule has 1 nitrogen and oxygen atoms in total. The maximum Gasteiger partial charge on any atom is 0.416 e. The van der Waals surface area contributed by atoms with Crippen LogP contribution in [0.3, 0.4) is 0 Å². The second kappa shape index (κ2) is 4.78. The minimum absolute atomic E-state index is 0.234. The van der Waals surface area contributed by atoms with Crippen LogP contribution in [0.5, 0.6) is 5.75 Å². The summed E-state index contributed by atoms with van der Waals surface area (Å²) >= 11 is 6.02. The molecule has 0 aromatic heterocycles. The molecule has 100 valence electrons. The van der Waals surface area contributed by atoms with Gasteiger partial charge in [-0.15, -0.1) is 0 Å². The van der Waals surface area contributed by atoms with Gasteiger partial charge in [0.25, 0.3) is 0 Å². The Morgan fingerprint density at radius 1 is 1.05 bits per heavy atom. The lowest BCUT2D eigenvalue weighted by Crippen LogP contribution is -2.04. The van der Waals surface area contributed by atoms with Crippen molar-refractivity contribution in [2.75, 3.05) is 0 Å². The van der Waals surface area contributed by atoms with E-state index in [2.05, 4.69) is 0 Å². The fraction of sp³-hybridized carbons (Fsp3) is 0.143. The van der Waals surface area contributed by atoms with Crippen molar-refractivity contribution in [3.63, 3.8) is 0 Å². The highest BCUT2D eigenvalue weighted by molar-refractivity contribution is 6.33. The van der Waals surface area contributed by atoms with Crippen LogP contribution in [-0.2, 0) is 6.18 Å². The van der Waals surface area contributed by atoms with Gasteiger partial charge in [-0.2, -0.15) is 13.2 Å². The van der Waals surface area contributed by atoms with Crippen molar-refractivity contribution in [3.05, 3.63) is 52.5 Å². The molecule has 2 aromatic rings. The highest BCUT2D eigenvalue weighted by Crippen LogP contribution is 2.37. The summed E-state index contributed by atoms with van der Waals surface area (Å²) in [7, 11) is 0. The SMILES string of the molecule is Cc1ccc(-c2cc(O)cc(C(F)(F)F)c2)c(Cl)c1. The number of aromatic hydroxyl groups is 1. The highest BCUT2D eigenvalue weighted by Gasteiger charge is 2.31. The van der Waals surface area contributed by atoms with E-state index in [0.29, 0.717) is 16.7 Å². The Morgan fingerprint density at radius 3 is 2.32 bits per heavy atom. The van der Waals surface area contributed by atoms with Crippen LogP contribution in [-0.4, -0.2) is 5.11 Å². The van der Waals surface area contributed by atoms with Crippen molar-refractivity contribution in [2.45, 2.75) is 13.1 Å². The average Bonchev–Trinajstić information content (AvgIpc) is 2.26. The van der Waals surface area contributed by atoms with E-state index in [1.807, 2.05) is 6.92 Å². The Hall–Kier alpha value is -1.68. The first-order valence-electron chi connectivity index (χ1n) is 5.45. The fourth-order valence-electron chi connectivity index (χ4n) is 1.78. The Morgan fingerprint density at radius 2 is 1.74 bits per heavy atom. The zero-order valence-corrected chi connectivity index (χ0v) is 10.7. The van der Waals surface area contributed by atoms with Gasteiger partial charge in [0.15, 0.2) is 0 Å². The first-order valence-corrected chi connectivity index (χ1v) is 5.83. The van der Waals surface area contributed by atoms with Crippen molar-refractivity contribution < 1.29 is 18.3 Å². The predicted molar refractivity (Wildman–Crippen MR) is 68.3 cm³/mol. The molecule has 2 rings (SSSR count). The summed E-state index contributed by atoms with van der Waals surface area (Å²) in [6.07, 6.45) is -4.51. The Bertz CT molecular complexity index is 621. The number of aryl methyl sites for hydroxylation is 1. The van der Waals surface area contributed by atoms with E-state index >= 15 is 0 Å². The van der Waals surface area contributed by atoms with E-state index in [0.717, 1.165) is 11.6 Å². The molecule has 0 saturated heterocycles. The Balaban J connectivity index is 2.59. The van der Waals surface area contributed by atoms with Crippen LogP contribution in [0.2, 0.25) is 5.02 Å². The molecule has 1 N–H and O–H groups in total. The number of phenols is 1. The van der Waals surface area contributed by atoms with Crippen LogP contribution in [0, 0.1) is 6.92 Å². The quantitative estimate of drug-likeness (QED) is 0.778. The third-order valence-corrected chi connectivity index (χ3v) is 2.99. The maximum atomic E-state index is 12.7. The Kier molecular flexibility index (Phi) is 3.45. The molecule has 0 heterocycles. The zero-order valence-electron chi connectivity index (χ0n) is 9.92. The van der Waals surface area contributed by atoms with Crippen LogP contribution in [0.4, 0.5) is 13.2 Å². The number of halogens is 4. The molecule has 0 fully saturated rings. The van der Waals surface area contributed by atoms with Crippen LogP contribution >= 0.6 is 11.6 Å². The molecule has 0 atom stereocenters. The van der Waals surface area contributed by atoms with Crippen molar-refractivity contribution in [1.82, 2.24) is 0 Å². The molecule has 5 heteroatoms. The van der Waals surface area contributed by atoms with Gasteiger partial charge >= 0.3 is 6.18 Å². The van der Waals surface area contributed by atoms with Gasteiger partial charge in [-0.1, -0.05) is 23.7 Å². The van der Waals surface area contributed by atoms with Crippen molar-refractivity contribution in [2.24, 2.45) is 0 Å². The molecule has 0 unspecified atom stereocenters. The van der Waals surface area contributed by atoms with E-state index in [1.54, 1.807) is 18.2 Å². The second-order valence-corrected chi connectivity index (χ2v) is 4.66. The normalized spacial score (nSPS) is 11.6. The van der Waals surface area contributed by atoms with Crippen molar-refractivity contribution in [1.29, 1.82) is 0 Å². The van der Waals surface area contributed by atoms with Crippen LogP contribution in [0.1, 0.15) is 11.1 Å². The average molecular weight is 287 g/mol. The minimum Gasteiger partial charge on any atom is -0.508 e. The molecule has 0 aliphatic heterocycles. The summed E-state index contributed by atoms with van der Waals surface area (Å²) in [5, 5.41) is 9.77. The molecule has 0 radical (unpaired) electrons. The Labute approximate surface area is 113 Å². The molecular formula is C14H10ClF3O. The van der Waals surface area contributed by atoms with Gasteiger partial charge in [0.05, 0.1) is 5.56 Å². The number of alkyl halides is 3. The smallest absolute Gasteiger partial charge is 0.416 e. The second-order valence-electron chi connectivity index (χ2n) is 4.25. The topological polar surface area (TPSA) is 20.2 Å². The molecule has 0 spiro atoms. The lowest BCUT2D eigenvalue weighted by atomic mass is 10.0. The molecule has 0 aliphatic rings. The van der Waals surface area contributed by atoms with Gasteiger partial charge in [-0.25, -0.2) is 0 Å². The predicted octanol–water partition coefficient (Wildman–Crippen LogP) is 5.04. The van der Waals surface area contributed by atoms with Gasteiger partial charge < -0.3 is 5.11 Å². The molecule has 19 heavy (non-hydrogen) atoms. The monoisotopic (exact) mass is 286 g/mol. The number of phenolic OH excluding ortho intramolecular Hbond substituents is 1. The summed E-state index contributed by atoms with van der Waals surface area (Å²) in [5.74, 6) is -0.443. The maximum absolute atomic E-state index is 12.7. The van der Waals surface area contributed by atoms with E-state index in [1.165, 1.54) is 6.07 Å². The van der Waals surface area contributed by atoms with Crippen molar-refractivity contribution >= 4 is 11.6 Å². The lowest BCUT2D eigenvalue weighted by Gasteiger charge is -2.11. The number of benzene rings is 2. The summed E-state index contributed by atoms with van der Waals surface area (Å²) in [4.78, 5) is 0. The molecule has 0 amide bonds. The first kappa shape index (κ1) is 13.7. The molecule has 2 aromatic carbocycles. The van der Waals surface area contributed by atoms with Crippen molar-refractivity contribution in [3.8, 4) is 16.9 Å². The third-order valence-electron chi connectivity index (χ3n) is 2.68. The van der Waals surface area contributed by atoms with Gasteiger partial charge in [-0.05, 0) is 42.3 Å². The highest BCUT2D eigenvalue weighted by atomic mass is 35.5. The summed E-state index contributed by atoms with van der Waals surface area (Å²) in [6, 6.07) is 7.95. The molecule has 0 saturated carbocycles. The number of hydrogen-bond donors (Lipinski definition) is 1. The summed E-state index contributed by atoms with van der Waals surface area (Å²) in [6.45, 7) is 1.83. The fourth-order valence-corrected chi connectivity index (χ4v) is 2.13. The van der Waals surface area contributed by atoms with Gasteiger partial charge in [0, 0.05) is 10.6 Å². The number of hydrogen-bond acceptors (Lipinski definition) is 1. The van der Waals surface area contributed by atoms with Crippen LogP contribution in [0.15, 0.2) is 36.4 Å². The van der Waals surface area contributed by atoms with Crippen LogP contribution < -0.4 is 0 Å². The van der Waals surface area contributed by atoms with Crippen LogP contribution in [0.25, 0.3) is 11.1 Å². The number of rotatable bonds is 1. The summed E-state index contributed by atoms with van der Waals surface area (Å²) < 4.78 is 38.1. The van der Waals surface area contributed by atoms with Gasteiger partial charge in [0.1, 0.15) is 5.75 Å². The molecule has 0 aliphatic carbocycles. The summed E-state index contributed by atoms with van der Waals surface area (Å²) in [5.41, 5.74) is 0.690. The lowest BCUT2D eigenvalue weighted by molar-refractivity contribution is -0.137. The third kappa shape index (κ3) is 3.01. The van der Waals surface area contributed by atoms with Gasteiger partial charge in [-0.3, -0.25) is 0 Å².